The molecule has 2 rings (SSSR count). The van der Waals surface area contributed by atoms with Gasteiger partial charge in [0.05, 0.1) is 0 Å². The van der Waals surface area contributed by atoms with Crippen LogP contribution in [0.5, 0.6) is 5.75 Å². The minimum atomic E-state index is -0.0511. The lowest BCUT2D eigenvalue weighted by atomic mass is 9.95. The van der Waals surface area contributed by atoms with Crippen LogP contribution in [0.2, 0.25) is 0 Å². The summed E-state index contributed by atoms with van der Waals surface area (Å²) in [7, 11) is 0. The summed E-state index contributed by atoms with van der Waals surface area (Å²) in [4.78, 5) is 14.8. The largest absolute Gasteiger partial charge is 0.507 e. The molecule has 0 aliphatic rings. The molecule has 132 valence electrons. The van der Waals surface area contributed by atoms with E-state index in [1.54, 1.807) is 12.1 Å². The first-order valence-electron chi connectivity index (χ1n) is 8.70. The van der Waals surface area contributed by atoms with Crippen LogP contribution in [0.15, 0.2) is 54.6 Å². The van der Waals surface area contributed by atoms with Crippen LogP contribution >= 0.6 is 0 Å². The Balaban J connectivity index is 2.60. The number of hydrogen-bond donors (Lipinski definition) is 1. The number of amides is 1. The summed E-state index contributed by atoms with van der Waals surface area (Å²) in [5.41, 5.74) is 3.35. The Morgan fingerprint density at radius 2 is 1.60 bits per heavy atom. The molecule has 0 aliphatic heterocycles. The zero-order chi connectivity index (χ0) is 18.6. The molecule has 2 aromatic carbocycles. The highest BCUT2D eigenvalue weighted by Gasteiger charge is 2.20. The van der Waals surface area contributed by atoms with Crippen molar-refractivity contribution in [1.82, 2.24) is 4.90 Å². The number of nitrogens with zero attached hydrogens (tertiary/aromatic N) is 1. The van der Waals surface area contributed by atoms with E-state index in [0.717, 1.165) is 16.7 Å². The minimum Gasteiger partial charge on any atom is -0.507 e. The number of carbonyl (C=O) groups excluding carboxylic acids is 1. The highest BCUT2D eigenvalue weighted by molar-refractivity contribution is 6.00. The molecule has 0 aliphatic carbocycles. The SMILES string of the molecule is Cc1ccc(O)c(/C(=C\C(=O)N(C(C)C)C(C)C)c2ccccc2)c1. The van der Waals surface area contributed by atoms with Crippen LogP contribution in [-0.2, 0) is 4.79 Å². The zero-order valence-corrected chi connectivity index (χ0v) is 15.7. The lowest BCUT2D eigenvalue weighted by molar-refractivity contribution is -0.129. The summed E-state index contributed by atoms with van der Waals surface area (Å²) in [6, 6.07) is 15.4. The summed E-state index contributed by atoms with van der Waals surface area (Å²) in [6.45, 7) is 10.0. The molecule has 0 heterocycles. The third-order valence-electron chi connectivity index (χ3n) is 4.16. The van der Waals surface area contributed by atoms with Crippen molar-refractivity contribution in [2.45, 2.75) is 46.7 Å². The number of hydrogen-bond acceptors (Lipinski definition) is 2. The molecule has 3 heteroatoms. The molecule has 1 amide bonds. The van der Waals surface area contributed by atoms with Gasteiger partial charge in [-0.15, -0.1) is 0 Å². The topological polar surface area (TPSA) is 40.5 Å². The Hall–Kier alpha value is -2.55. The summed E-state index contributed by atoms with van der Waals surface area (Å²) in [6.07, 6.45) is 1.64. The highest BCUT2D eigenvalue weighted by atomic mass is 16.3. The van der Waals surface area contributed by atoms with Gasteiger partial charge in [-0.2, -0.15) is 0 Å². The number of rotatable bonds is 5. The maximum absolute atomic E-state index is 12.9. The van der Waals surface area contributed by atoms with Crippen molar-refractivity contribution in [3.05, 3.63) is 71.3 Å². The van der Waals surface area contributed by atoms with Gasteiger partial charge in [0.1, 0.15) is 5.75 Å². The predicted octanol–water partition coefficient (Wildman–Crippen LogP) is 4.78. The lowest BCUT2D eigenvalue weighted by Gasteiger charge is -2.30. The smallest absolute Gasteiger partial charge is 0.247 e. The van der Waals surface area contributed by atoms with Gasteiger partial charge >= 0.3 is 0 Å². The molecule has 0 atom stereocenters. The van der Waals surface area contributed by atoms with E-state index in [9.17, 15) is 9.90 Å². The lowest BCUT2D eigenvalue weighted by Crippen LogP contribution is -2.41. The second-order valence-corrected chi connectivity index (χ2v) is 6.88. The van der Waals surface area contributed by atoms with E-state index in [4.69, 9.17) is 0 Å². The van der Waals surface area contributed by atoms with Crippen LogP contribution < -0.4 is 0 Å². The minimum absolute atomic E-state index is 0.0511. The van der Waals surface area contributed by atoms with Crippen LogP contribution in [0.3, 0.4) is 0 Å². The first-order chi connectivity index (χ1) is 11.8. The molecule has 0 saturated carbocycles. The summed E-state index contributed by atoms with van der Waals surface area (Å²) >= 11 is 0. The molecule has 0 unspecified atom stereocenters. The molecule has 1 N–H and O–H groups in total. The van der Waals surface area contributed by atoms with Crippen LogP contribution in [-0.4, -0.2) is 28.0 Å². The number of phenolic OH excluding ortho intramolecular Hbond substituents is 1. The van der Waals surface area contributed by atoms with Gasteiger partial charge in [-0.25, -0.2) is 0 Å². The standard InChI is InChI=1S/C22H27NO2/c1-15(2)23(16(3)4)22(25)14-19(18-9-7-6-8-10-18)20-13-17(5)11-12-21(20)24/h6-16,24H,1-5H3/b19-14-. The van der Waals surface area contributed by atoms with Gasteiger partial charge in [0.25, 0.3) is 0 Å². The molecule has 3 nitrogen and oxygen atoms in total. The summed E-state index contributed by atoms with van der Waals surface area (Å²) in [5, 5.41) is 10.4. The Bertz CT molecular complexity index is 753. The first-order valence-corrected chi connectivity index (χ1v) is 8.70. The molecule has 0 saturated heterocycles. The number of aromatic hydroxyl groups is 1. The van der Waals surface area contributed by atoms with Crippen molar-refractivity contribution in [3.63, 3.8) is 0 Å². The van der Waals surface area contributed by atoms with E-state index in [2.05, 4.69) is 0 Å². The number of aryl methyl sites for hydroxylation is 1. The molecule has 0 radical (unpaired) electrons. The second-order valence-electron chi connectivity index (χ2n) is 6.88. The summed E-state index contributed by atoms with van der Waals surface area (Å²) < 4.78 is 0. The molecule has 25 heavy (non-hydrogen) atoms. The Kier molecular flexibility index (Phi) is 6.02. The van der Waals surface area contributed by atoms with Crippen molar-refractivity contribution >= 4 is 11.5 Å². The van der Waals surface area contributed by atoms with Gasteiger partial charge in [-0.1, -0.05) is 42.0 Å². The highest BCUT2D eigenvalue weighted by Crippen LogP contribution is 2.31. The second kappa shape index (κ2) is 8.02. The third-order valence-corrected chi connectivity index (χ3v) is 4.16. The van der Waals surface area contributed by atoms with E-state index in [0.29, 0.717) is 5.56 Å². The van der Waals surface area contributed by atoms with Crippen molar-refractivity contribution in [2.75, 3.05) is 0 Å². The number of carbonyl (C=O) groups is 1. The van der Waals surface area contributed by atoms with Crippen LogP contribution in [0.25, 0.3) is 5.57 Å². The first kappa shape index (κ1) is 18.8. The van der Waals surface area contributed by atoms with Gasteiger partial charge in [0.15, 0.2) is 0 Å². The van der Waals surface area contributed by atoms with Crippen molar-refractivity contribution in [1.29, 1.82) is 0 Å². The Morgan fingerprint density at radius 3 is 2.16 bits per heavy atom. The number of phenols is 1. The van der Waals surface area contributed by atoms with Crippen LogP contribution in [0.4, 0.5) is 0 Å². The van der Waals surface area contributed by atoms with Gasteiger partial charge in [-0.3, -0.25) is 4.79 Å². The maximum Gasteiger partial charge on any atom is 0.247 e. The van der Waals surface area contributed by atoms with E-state index >= 15 is 0 Å². The van der Waals surface area contributed by atoms with Crippen molar-refractivity contribution < 1.29 is 9.90 Å². The van der Waals surface area contributed by atoms with Crippen molar-refractivity contribution in [2.24, 2.45) is 0 Å². The molecular weight excluding hydrogens is 310 g/mol. The molecule has 0 bridgehead atoms. The monoisotopic (exact) mass is 337 g/mol. The summed E-state index contributed by atoms with van der Waals surface area (Å²) in [5.74, 6) is 0.124. The van der Waals surface area contributed by atoms with Crippen LogP contribution in [0, 0.1) is 6.92 Å². The Labute approximate surface area is 150 Å². The molecule has 0 fully saturated rings. The fourth-order valence-electron chi connectivity index (χ4n) is 3.10. The van der Waals surface area contributed by atoms with Gasteiger partial charge in [0.2, 0.25) is 5.91 Å². The van der Waals surface area contributed by atoms with Gasteiger partial charge < -0.3 is 10.0 Å². The Morgan fingerprint density at radius 1 is 1.00 bits per heavy atom. The molecule has 0 aromatic heterocycles. The molecular formula is C22H27NO2. The van der Waals surface area contributed by atoms with Crippen molar-refractivity contribution in [3.8, 4) is 5.75 Å². The predicted molar refractivity (Wildman–Crippen MR) is 103 cm³/mol. The fraction of sp³-hybridized carbons (Fsp3) is 0.318. The van der Waals surface area contributed by atoms with E-state index in [1.807, 2.05) is 82.0 Å². The molecule has 2 aromatic rings. The van der Waals surface area contributed by atoms with Gasteiger partial charge in [0, 0.05) is 23.7 Å². The third kappa shape index (κ3) is 4.50. The number of benzene rings is 2. The van der Waals surface area contributed by atoms with Gasteiger partial charge in [-0.05, 0) is 57.9 Å². The van der Waals surface area contributed by atoms with E-state index in [-0.39, 0.29) is 23.7 Å². The van der Waals surface area contributed by atoms with Crippen LogP contribution in [0.1, 0.15) is 44.4 Å². The average Bonchev–Trinajstić information content (AvgIpc) is 2.55. The normalized spacial score (nSPS) is 11.9. The fourth-order valence-corrected chi connectivity index (χ4v) is 3.10. The maximum atomic E-state index is 12.9. The van der Waals surface area contributed by atoms with E-state index < -0.39 is 0 Å². The quantitative estimate of drug-likeness (QED) is 0.798. The molecule has 0 spiro atoms. The van der Waals surface area contributed by atoms with E-state index in [1.165, 1.54) is 0 Å². The zero-order valence-electron chi connectivity index (χ0n) is 15.7. The average molecular weight is 337 g/mol.